The zero-order valence-electron chi connectivity index (χ0n) is 19.0. The Morgan fingerprint density at radius 3 is 2.16 bits per heavy atom. The summed E-state index contributed by atoms with van der Waals surface area (Å²) in [6, 6.07) is 4.63. The first-order valence-electron chi connectivity index (χ1n) is 9.67. The van der Waals surface area contributed by atoms with E-state index in [4.69, 9.17) is 9.47 Å². The molecule has 0 saturated heterocycles. The number of aryl methyl sites for hydroxylation is 1. The van der Waals surface area contributed by atoms with Crippen LogP contribution in [0.4, 0.5) is 18.0 Å². The molecule has 1 heterocycles. The first-order chi connectivity index (χ1) is 14.3. The summed E-state index contributed by atoms with van der Waals surface area (Å²) in [6.07, 6.45) is -2.83. The maximum atomic E-state index is 11.9. The minimum atomic E-state index is -4.25. The van der Waals surface area contributed by atoms with E-state index in [0.29, 0.717) is 18.2 Å². The summed E-state index contributed by atoms with van der Waals surface area (Å²) >= 11 is 3.86. The molecule has 31 heavy (non-hydrogen) atoms. The van der Waals surface area contributed by atoms with Crippen LogP contribution in [0.2, 0.25) is 0 Å². The number of benzene rings is 1. The van der Waals surface area contributed by atoms with E-state index in [1.807, 2.05) is 47.7 Å². The van der Waals surface area contributed by atoms with Gasteiger partial charge in [-0.15, -0.1) is 12.6 Å². The van der Waals surface area contributed by atoms with Gasteiger partial charge in [0, 0.05) is 30.3 Å². The number of alkyl carbamates (subject to hydrolysis) is 1. The first kappa shape index (κ1) is 28.8. The summed E-state index contributed by atoms with van der Waals surface area (Å²) in [6.45, 7) is 12.2. The number of ether oxygens (including phenoxy) is 2. The molecule has 0 radical (unpaired) electrons. The number of amides is 1. The van der Waals surface area contributed by atoms with Gasteiger partial charge in [-0.25, -0.2) is 9.48 Å². The fraction of sp³-hybridized carbons (Fsp3) is 0.524. The summed E-state index contributed by atoms with van der Waals surface area (Å²) in [7, 11) is 1.61. The number of nitrogens with zero attached hydrogens (tertiary/aromatic N) is 2. The standard InChI is InChI=1S/C12H21N3O3.C7H5F3S.C2H6/c1-9-10(7-15(14-9)8-17-5)6-13-11(16)18-12(2,3)4;8-7(9,10)5-1-3-6(11)4-2-5;1-2/h7H,6,8H2,1-5H3,(H,13,16);1-4,11H;1-2H3. The summed E-state index contributed by atoms with van der Waals surface area (Å²) in [5, 5.41) is 6.95. The highest BCUT2D eigenvalue weighted by molar-refractivity contribution is 7.80. The monoisotopic (exact) mass is 463 g/mol. The van der Waals surface area contributed by atoms with Gasteiger partial charge in [-0.3, -0.25) is 0 Å². The normalized spacial score (nSPS) is 10.9. The van der Waals surface area contributed by atoms with Crippen molar-refractivity contribution in [3.63, 3.8) is 0 Å². The van der Waals surface area contributed by atoms with Crippen LogP contribution in [0.5, 0.6) is 0 Å². The second-order valence-corrected chi connectivity index (χ2v) is 7.61. The topological polar surface area (TPSA) is 65.4 Å². The smallest absolute Gasteiger partial charge is 0.416 e. The zero-order valence-corrected chi connectivity index (χ0v) is 19.9. The van der Waals surface area contributed by atoms with Crippen molar-refractivity contribution < 1.29 is 27.4 Å². The maximum Gasteiger partial charge on any atom is 0.416 e. The molecule has 6 nitrogen and oxygen atoms in total. The predicted octanol–water partition coefficient (Wildman–Crippen LogP) is 5.84. The lowest BCUT2D eigenvalue weighted by Gasteiger charge is -2.19. The van der Waals surface area contributed by atoms with Crippen LogP contribution in [0.3, 0.4) is 0 Å². The molecule has 0 saturated carbocycles. The van der Waals surface area contributed by atoms with Gasteiger partial charge in [0.05, 0.1) is 11.3 Å². The minimum absolute atomic E-state index is 0.393. The Hall–Kier alpha value is -2.20. The average molecular weight is 464 g/mol. The summed E-state index contributed by atoms with van der Waals surface area (Å²) in [5.41, 5.74) is 0.677. The fourth-order valence-electron chi connectivity index (χ4n) is 2.06. The van der Waals surface area contributed by atoms with Crippen LogP contribution < -0.4 is 5.32 Å². The van der Waals surface area contributed by atoms with E-state index in [9.17, 15) is 18.0 Å². The van der Waals surface area contributed by atoms with Crippen LogP contribution in [0.25, 0.3) is 0 Å². The molecule has 2 rings (SSSR count). The molecule has 1 N–H and O–H groups in total. The Balaban J connectivity index is 0.000000591. The largest absolute Gasteiger partial charge is 0.444 e. The number of methoxy groups -OCH3 is 1. The van der Waals surface area contributed by atoms with E-state index in [1.54, 1.807) is 11.8 Å². The van der Waals surface area contributed by atoms with Crippen molar-refractivity contribution in [2.75, 3.05) is 7.11 Å². The van der Waals surface area contributed by atoms with Crippen molar-refractivity contribution in [3.05, 3.63) is 47.3 Å². The fourth-order valence-corrected chi connectivity index (χ4v) is 2.21. The molecule has 2 aromatic rings. The maximum absolute atomic E-state index is 11.9. The number of halogens is 3. The molecule has 0 aliphatic rings. The Morgan fingerprint density at radius 2 is 1.71 bits per heavy atom. The molecule has 0 unspecified atom stereocenters. The Bertz CT molecular complexity index is 786. The van der Waals surface area contributed by atoms with Gasteiger partial charge in [0.1, 0.15) is 12.3 Å². The van der Waals surface area contributed by atoms with Gasteiger partial charge in [-0.1, -0.05) is 13.8 Å². The zero-order chi connectivity index (χ0) is 24.2. The summed E-state index contributed by atoms with van der Waals surface area (Å²) < 4.78 is 47.5. The molecule has 0 spiro atoms. The van der Waals surface area contributed by atoms with Crippen molar-refractivity contribution in [1.82, 2.24) is 15.1 Å². The number of carbonyl (C=O) groups is 1. The van der Waals surface area contributed by atoms with Gasteiger partial charge in [-0.05, 0) is 52.0 Å². The SMILES string of the molecule is CC.COCn1cc(CNC(=O)OC(C)(C)C)c(C)n1.FC(F)(F)c1ccc(S)cc1. The van der Waals surface area contributed by atoms with Crippen LogP contribution in [-0.4, -0.2) is 28.6 Å². The summed E-state index contributed by atoms with van der Waals surface area (Å²) in [5.74, 6) is 0. The number of nitrogens with one attached hydrogen (secondary N) is 1. The molecule has 176 valence electrons. The van der Waals surface area contributed by atoms with Crippen LogP contribution >= 0.6 is 12.6 Å². The molecular formula is C21H32F3N3O3S. The highest BCUT2D eigenvalue weighted by Crippen LogP contribution is 2.29. The number of hydrogen-bond acceptors (Lipinski definition) is 5. The van der Waals surface area contributed by atoms with Crippen molar-refractivity contribution in [2.24, 2.45) is 0 Å². The van der Waals surface area contributed by atoms with Gasteiger partial charge in [0.15, 0.2) is 0 Å². The van der Waals surface area contributed by atoms with E-state index in [0.717, 1.165) is 23.4 Å². The van der Waals surface area contributed by atoms with E-state index >= 15 is 0 Å². The van der Waals surface area contributed by atoms with Gasteiger partial charge in [-0.2, -0.15) is 18.3 Å². The lowest BCUT2D eigenvalue weighted by molar-refractivity contribution is -0.137. The molecule has 0 aliphatic carbocycles. The predicted molar refractivity (Wildman–Crippen MR) is 117 cm³/mol. The van der Waals surface area contributed by atoms with E-state index in [-0.39, 0.29) is 0 Å². The Kier molecular flexibility index (Phi) is 12.3. The Morgan fingerprint density at radius 1 is 1.16 bits per heavy atom. The lowest BCUT2D eigenvalue weighted by Crippen LogP contribution is -2.32. The lowest BCUT2D eigenvalue weighted by atomic mass is 10.2. The van der Waals surface area contributed by atoms with E-state index < -0.39 is 23.4 Å². The number of rotatable bonds is 4. The third-order valence-corrected chi connectivity index (χ3v) is 3.62. The number of thiol groups is 1. The molecule has 0 fully saturated rings. The molecule has 0 aliphatic heterocycles. The van der Waals surface area contributed by atoms with Crippen molar-refractivity contribution in [2.45, 2.75) is 71.5 Å². The molecule has 1 aromatic carbocycles. The molecular weight excluding hydrogens is 431 g/mol. The van der Waals surface area contributed by atoms with Crippen molar-refractivity contribution >= 4 is 18.7 Å². The van der Waals surface area contributed by atoms with Crippen LogP contribution in [-0.2, 0) is 28.9 Å². The third-order valence-electron chi connectivity index (χ3n) is 3.33. The van der Waals surface area contributed by atoms with Gasteiger partial charge < -0.3 is 14.8 Å². The second-order valence-electron chi connectivity index (χ2n) is 7.10. The number of hydrogen-bond donors (Lipinski definition) is 2. The molecule has 1 amide bonds. The van der Waals surface area contributed by atoms with Gasteiger partial charge >= 0.3 is 12.3 Å². The highest BCUT2D eigenvalue weighted by Gasteiger charge is 2.29. The minimum Gasteiger partial charge on any atom is -0.444 e. The van der Waals surface area contributed by atoms with Crippen molar-refractivity contribution in [3.8, 4) is 0 Å². The van der Waals surface area contributed by atoms with Crippen LogP contribution in [0.15, 0.2) is 35.4 Å². The van der Waals surface area contributed by atoms with Crippen molar-refractivity contribution in [1.29, 1.82) is 0 Å². The van der Waals surface area contributed by atoms with Crippen LogP contribution in [0.1, 0.15) is 51.4 Å². The Labute approximate surface area is 187 Å². The van der Waals surface area contributed by atoms with E-state index in [2.05, 4.69) is 23.0 Å². The first-order valence-corrected chi connectivity index (χ1v) is 10.1. The number of alkyl halides is 3. The number of aromatic nitrogens is 2. The molecule has 10 heteroatoms. The molecule has 1 aromatic heterocycles. The van der Waals surface area contributed by atoms with Gasteiger partial charge in [0.2, 0.25) is 0 Å². The van der Waals surface area contributed by atoms with Crippen LogP contribution in [0, 0.1) is 6.92 Å². The molecule has 0 bridgehead atoms. The summed E-state index contributed by atoms with van der Waals surface area (Å²) in [4.78, 5) is 12.0. The quantitative estimate of drug-likeness (QED) is 0.559. The second kappa shape index (κ2) is 13.3. The number of carbonyl (C=O) groups excluding carboxylic acids is 1. The molecule has 0 atom stereocenters. The van der Waals surface area contributed by atoms with E-state index in [1.165, 1.54) is 12.1 Å². The highest BCUT2D eigenvalue weighted by atomic mass is 32.1. The van der Waals surface area contributed by atoms with Gasteiger partial charge in [0.25, 0.3) is 0 Å². The third kappa shape index (κ3) is 12.3. The average Bonchev–Trinajstić information content (AvgIpc) is 3.00.